The van der Waals surface area contributed by atoms with Crippen LogP contribution in [-0.4, -0.2) is 51.8 Å². The molecule has 1 atom stereocenters. The van der Waals surface area contributed by atoms with E-state index in [2.05, 4.69) is 15.5 Å². The van der Waals surface area contributed by atoms with Crippen LogP contribution in [0.1, 0.15) is 25.1 Å². The molecule has 0 aliphatic carbocycles. The lowest BCUT2D eigenvalue weighted by atomic mass is 10.2. The number of hydrogen-bond donors (Lipinski definition) is 2. The SMILES string of the molecule is CCC(C(=O)O)N(C)C(=O)NCCc1nc(C)no1. The highest BCUT2D eigenvalue weighted by Crippen LogP contribution is 2.02. The maximum atomic E-state index is 11.7. The van der Waals surface area contributed by atoms with Crippen LogP contribution in [0.2, 0.25) is 0 Å². The predicted molar refractivity (Wildman–Crippen MR) is 65.6 cm³/mol. The van der Waals surface area contributed by atoms with Gasteiger partial charge in [0.05, 0.1) is 0 Å². The van der Waals surface area contributed by atoms with Crippen LogP contribution in [-0.2, 0) is 11.2 Å². The average molecular weight is 270 g/mol. The van der Waals surface area contributed by atoms with Crippen LogP contribution in [0.15, 0.2) is 4.52 Å². The Balaban J connectivity index is 2.40. The second-order valence-electron chi connectivity index (χ2n) is 4.09. The van der Waals surface area contributed by atoms with Gasteiger partial charge in [-0.25, -0.2) is 9.59 Å². The number of aryl methyl sites for hydroxylation is 1. The summed E-state index contributed by atoms with van der Waals surface area (Å²) in [6.07, 6.45) is 0.756. The topological polar surface area (TPSA) is 109 Å². The molecule has 0 fully saturated rings. The number of hydrogen-bond acceptors (Lipinski definition) is 5. The van der Waals surface area contributed by atoms with Crippen molar-refractivity contribution in [1.82, 2.24) is 20.4 Å². The second kappa shape index (κ2) is 6.72. The first kappa shape index (κ1) is 14.9. The Hall–Kier alpha value is -2.12. The van der Waals surface area contributed by atoms with E-state index in [1.165, 1.54) is 11.9 Å². The molecule has 0 spiro atoms. The maximum absolute atomic E-state index is 11.7. The summed E-state index contributed by atoms with van der Waals surface area (Å²) in [5.74, 6) is -0.0474. The molecule has 19 heavy (non-hydrogen) atoms. The third-order valence-corrected chi connectivity index (χ3v) is 2.64. The molecule has 0 aromatic carbocycles. The van der Waals surface area contributed by atoms with Crippen LogP contribution in [0.25, 0.3) is 0 Å². The second-order valence-corrected chi connectivity index (χ2v) is 4.09. The number of likely N-dealkylation sites (N-methyl/N-ethyl adjacent to an activating group) is 1. The minimum absolute atomic E-state index is 0.306. The van der Waals surface area contributed by atoms with Crippen molar-refractivity contribution in [3.63, 3.8) is 0 Å². The van der Waals surface area contributed by atoms with Gasteiger partial charge in [-0.2, -0.15) is 4.98 Å². The summed E-state index contributed by atoms with van der Waals surface area (Å²) < 4.78 is 4.89. The smallest absolute Gasteiger partial charge is 0.326 e. The van der Waals surface area contributed by atoms with Gasteiger partial charge >= 0.3 is 12.0 Å². The number of carbonyl (C=O) groups excluding carboxylic acids is 1. The molecule has 1 rings (SSSR count). The number of carboxylic acid groups (broad SMARTS) is 1. The number of aromatic nitrogens is 2. The van der Waals surface area contributed by atoms with E-state index < -0.39 is 18.0 Å². The van der Waals surface area contributed by atoms with Crippen molar-refractivity contribution in [2.24, 2.45) is 0 Å². The average Bonchev–Trinajstić information content (AvgIpc) is 2.75. The highest BCUT2D eigenvalue weighted by Gasteiger charge is 2.24. The first-order valence-electron chi connectivity index (χ1n) is 5.98. The lowest BCUT2D eigenvalue weighted by Crippen LogP contribution is -2.47. The Kier molecular flexibility index (Phi) is 5.28. The Morgan fingerprint density at radius 1 is 1.53 bits per heavy atom. The highest BCUT2D eigenvalue weighted by molar-refractivity contribution is 5.82. The normalized spacial score (nSPS) is 11.9. The molecule has 1 aromatic heterocycles. The summed E-state index contributed by atoms with van der Waals surface area (Å²) in [6.45, 7) is 3.72. The van der Waals surface area contributed by atoms with Gasteiger partial charge in [-0.15, -0.1) is 0 Å². The fraction of sp³-hybridized carbons (Fsp3) is 0.636. The number of carboxylic acids is 1. The van der Waals surface area contributed by atoms with Crippen LogP contribution in [0.5, 0.6) is 0 Å². The van der Waals surface area contributed by atoms with Gasteiger partial charge in [0.15, 0.2) is 5.82 Å². The van der Waals surface area contributed by atoms with Gasteiger partial charge in [-0.3, -0.25) is 0 Å². The summed E-state index contributed by atoms with van der Waals surface area (Å²) in [6, 6.07) is -1.27. The van der Waals surface area contributed by atoms with E-state index in [1.807, 2.05) is 0 Å². The molecular weight excluding hydrogens is 252 g/mol. The lowest BCUT2D eigenvalue weighted by molar-refractivity contribution is -0.141. The van der Waals surface area contributed by atoms with Crippen molar-refractivity contribution in [3.05, 3.63) is 11.7 Å². The largest absolute Gasteiger partial charge is 0.480 e. The Bertz CT molecular complexity index is 446. The fourth-order valence-electron chi connectivity index (χ4n) is 1.60. The van der Waals surface area contributed by atoms with Crippen LogP contribution < -0.4 is 5.32 Å². The zero-order valence-corrected chi connectivity index (χ0v) is 11.2. The van der Waals surface area contributed by atoms with Crippen molar-refractivity contribution in [3.8, 4) is 0 Å². The monoisotopic (exact) mass is 270 g/mol. The number of aliphatic carboxylic acids is 1. The first-order valence-corrected chi connectivity index (χ1v) is 5.98. The molecule has 8 nitrogen and oxygen atoms in total. The van der Waals surface area contributed by atoms with Gasteiger partial charge in [0, 0.05) is 20.0 Å². The molecule has 0 bridgehead atoms. The fourth-order valence-corrected chi connectivity index (χ4v) is 1.60. The van der Waals surface area contributed by atoms with Crippen LogP contribution in [0, 0.1) is 6.92 Å². The van der Waals surface area contributed by atoms with E-state index in [0.717, 1.165) is 0 Å². The molecule has 1 heterocycles. The van der Waals surface area contributed by atoms with E-state index >= 15 is 0 Å². The van der Waals surface area contributed by atoms with Crippen LogP contribution in [0.3, 0.4) is 0 Å². The zero-order valence-electron chi connectivity index (χ0n) is 11.2. The molecule has 1 unspecified atom stereocenters. The van der Waals surface area contributed by atoms with Gasteiger partial charge in [-0.1, -0.05) is 12.1 Å². The molecule has 1 aromatic rings. The molecule has 0 aliphatic rings. The number of amides is 2. The van der Waals surface area contributed by atoms with Crippen LogP contribution in [0.4, 0.5) is 4.79 Å². The summed E-state index contributed by atoms with van der Waals surface area (Å²) in [5, 5.41) is 15.2. The minimum atomic E-state index is -1.02. The molecule has 2 amide bonds. The molecular formula is C11H18N4O4. The molecule has 0 saturated heterocycles. The molecule has 0 radical (unpaired) electrons. The van der Waals surface area contributed by atoms with Gasteiger partial charge in [-0.05, 0) is 13.3 Å². The maximum Gasteiger partial charge on any atom is 0.326 e. The number of carbonyl (C=O) groups is 2. The summed E-state index contributed by atoms with van der Waals surface area (Å²) >= 11 is 0. The Labute approximate surface area is 110 Å². The van der Waals surface area contributed by atoms with Gasteiger partial charge in [0.2, 0.25) is 5.89 Å². The van der Waals surface area contributed by atoms with Gasteiger partial charge in [0.1, 0.15) is 6.04 Å². The van der Waals surface area contributed by atoms with E-state index in [-0.39, 0.29) is 0 Å². The third-order valence-electron chi connectivity index (χ3n) is 2.64. The molecule has 2 N–H and O–H groups in total. The minimum Gasteiger partial charge on any atom is -0.480 e. The summed E-state index contributed by atoms with van der Waals surface area (Å²) in [7, 11) is 1.45. The highest BCUT2D eigenvalue weighted by atomic mass is 16.5. The van der Waals surface area contributed by atoms with Gasteiger partial charge < -0.3 is 19.8 Å². The number of rotatable bonds is 6. The molecule has 0 saturated carbocycles. The number of nitrogens with zero attached hydrogens (tertiary/aromatic N) is 3. The lowest BCUT2D eigenvalue weighted by Gasteiger charge is -2.23. The Morgan fingerprint density at radius 2 is 2.21 bits per heavy atom. The number of nitrogens with one attached hydrogen (secondary N) is 1. The molecule has 8 heteroatoms. The van der Waals surface area contributed by atoms with E-state index in [9.17, 15) is 9.59 Å². The van der Waals surface area contributed by atoms with Crippen molar-refractivity contribution in [2.45, 2.75) is 32.7 Å². The van der Waals surface area contributed by atoms with Crippen LogP contribution >= 0.6 is 0 Å². The summed E-state index contributed by atoms with van der Waals surface area (Å²) in [4.78, 5) is 27.8. The third kappa shape index (κ3) is 4.23. The quantitative estimate of drug-likeness (QED) is 0.775. The molecule has 106 valence electrons. The van der Waals surface area contributed by atoms with E-state index in [0.29, 0.717) is 31.1 Å². The summed E-state index contributed by atoms with van der Waals surface area (Å²) in [5.41, 5.74) is 0. The van der Waals surface area contributed by atoms with E-state index in [4.69, 9.17) is 9.63 Å². The van der Waals surface area contributed by atoms with Crippen molar-refractivity contribution in [2.75, 3.05) is 13.6 Å². The van der Waals surface area contributed by atoms with Crippen molar-refractivity contribution < 1.29 is 19.2 Å². The van der Waals surface area contributed by atoms with E-state index in [1.54, 1.807) is 13.8 Å². The Morgan fingerprint density at radius 3 is 2.68 bits per heavy atom. The standard InChI is InChI=1S/C11H18N4O4/c1-4-8(10(16)17)15(3)11(18)12-6-5-9-13-7(2)14-19-9/h8H,4-6H2,1-3H3,(H,12,18)(H,16,17). The predicted octanol–water partition coefficient (Wildman–Crippen LogP) is 0.425. The van der Waals surface area contributed by atoms with Crippen molar-refractivity contribution >= 4 is 12.0 Å². The van der Waals surface area contributed by atoms with Gasteiger partial charge in [0.25, 0.3) is 0 Å². The van der Waals surface area contributed by atoms with Crippen molar-refractivity contribution in [1.29, 1.82) is 0 Å². The zero-order chi connectivity index (χ0) is 14.4. The first-order chi connectivity index (χ1) is 8.95. The number of urea groups is 1. The molecule has 0 aliphatic heterocycles.